The number of benzene rings is 1. The lowest BCUT2D eigenvalue weighted by atomic mass is 10.2. The van der Waals surface area contributed by atoms with E-state index in [2.05, 4.69) is 10.6 Å². The Bertz CT molecular complexity index is 636. The number of ether oxygens (including phenoxy) is 4. The summed E-state index contributed by atoms with van der Waals surface area (Å²) in [5.41, 5.74) is 0.108. The summed E-state index contributed by atoms with van der Waals surface area (Å²) in [5, 5.41) is 4.64. The maximum Gasteiger partial charge on any atom is 0.338 e. The predicted molar refractivity (Wildman–Crippen MR) is 92.8 cm³/mol. The molecule has 0 saturated carbocycles. The largest absolute Gasteiger partial charge is 0.493 e. The van der Waals surface area contributed by atoms with Gasteiger partial charge in [-0.15, -0.1) is 0 Å². The fourth-order valence-corrected chi connectivity index (χ4v) is 1.94. The molecule has 0 aromatic heterocycles. The zero-order valence-electron chi connectivity index (χ0n) is 15.5. The van der Waals surface area contributed by atoms with Crippen molar-refractivity contribution in [1.29, 1.82) is 0 Å². The molecule has 144 valence electrons. The Balaban J connectivity index is 2.71. The lowest BCUT2D eigenvalue weighted by molar-refractivity contribution is -0.123. The van der Waals surface area contributed by atoms with E-state index in [1.54, 1.807) is 6.92 Å². The highest BCUT2D eigenvalue weighted by Gasteiger charge is 2.19. The van der Waals surface area contributed by atoms with Gasteiger partial charge in [0.1, 0.15) is 0 Å². The quantitative estimate of drug-likeness (QED) is 0.669. The summed E-state index contributed by atoms with van der Waals surface area (Å²) in [7, 11) is 4.26. The fourth-order valence-electron chi connectivity index (χ4n) is 1.94. The predicted octanol–water partition coefficient (Wildman–Crippen LogP) is 1.49. The first-order valence-corrected chi connectivity index (χ1v) is 7.93. The van der Waals surface area contributed by atoms with E-state index in [4.69, 9.17) is 18.9 Å². The van der Waals surface area contributed by atoms with Crippen LogP contribution in [-0.2, 0) is 9.53 Å². The molecule has 0 fully saturated rings. The maximum atomic E-state index is 12.1. The Morgan fingerprint density at radius 1 is 1.04 bits per heavy atom. The second-order valence-corrected chi connectivity index (χ2v) is 5.32. The van der Waals surface area contributed by atoms with Gasteiger partial charge in [-0.05, 0) is 25.5 Å². The molecule has 1 rings (SSSR count). The number of amides is 3. The summed E-state index contributed by atoms with van der Waals surface area (Å²) in [5.74, 6) is -0.647. The van der Waals surface area contributed by atoms with Gasteiger partial charge < -0.3 is 24.3 Å². The third-order valence-electron chi connectivity index (χ3n) is 3.48. The van der Waals surface area contributed by atoms with E-state index in [0.717, 1.165) is 6.42 Å². The third-order valence-corrected chi connectivity index (χ3v) is 3.48. The lowest BCUT2D eigenvalue weighted by Gasteiger charge is -2.14. The Hall–Kier alpha value is -2.97. The number of rotatable bonds is 8. The molecule has 0 spiro atoms. The van der Waals surface area contributed by atoms with E-state index in [1.807, 2.05) is 6.92 Å². The lowest BCUT2D eigenvalue weighted by Crippen LogP contribution is -2.44. The van der Waals surface area contributed by atoms with Gasteiger partial charge in [0, 0.05) is 6.04 Å². The molecule has 0 saturated heterocycles. The minimum Gasteiger partial charge on any atom is -0.493 e. The average molecular weight is 368 g/mol. The van der Waals surface area contributed by atoms with Crippen molar-refractivity contribution < 1.29 is 33.3 Å². The molecule has 1 aromatic rings. The van der Waals surface area contributed by atoms with Crippen molar-refractivity contribution in [3.8, 4) is 17.2 Å². The van der Waals surface area contributed by atoms with E-state index >= 15 is 0 Å². The Morgan fingerprint density at radius 2 is 1.62 bits per heavy atom. The molecular weight excluding hydrogens is 344 g/mol. The number of nitrogens with one attached hydrogen (secondary N) is 2. The van der Waals surface area contributed by atoms with Crippen LogP contribution in [0, 0.1) is 0 Å². The molecule has 26 heavy (non-hydrogen) atoms. The monoisotopic (exact) mass is 368 g/mol. The molecule has 0 heterocycles. The summed E-state index contributed by atoms with van der Waals surface area (Å²) in [6.07, 6.45) is 0.720. The van der Waals surface area contributed by atoms with Crippen LogP contribution in [0.25, 0.3) is 0 Å². The number of hydrogen-bond acceptors (Lipinski definition) is 7. The van der Waals surface area contributed by atoms with E-state index in [9.17, 15) is 14.4 Å². The highest BCUT2D eigenvalue weighted by Crippen LogP contribution is 2.38. The first kappa shape index (κ1) is 21.1. The number of carbonyl (C=O) groups is 3. The molecule has 0 aliphatic carbocycles. The van der Waals surface area contributed by atoms with E-state index < -0.39 is 24.5 Å². The molecule has 1 atom stereocenters. The molecule has 1 aromatic carbocycles. The van der Waals surface area contributed by atoms with Gasteiger partial charge >= 0.3 is 12.0 Å². The number of esters is 1. The van der Waals surface area contributed by atoms with Crippen LogP contribution in [0.1, 0.15) is 30.6 Å². The summed E-state index contributed by atoms with van der Waals surface area (Å²) >= 11 is 0. The second kappa shape index (κ2) is 10.1. The number of hydrogen-bond donors (Lipinski definition) is 2. The highest BCUT2D eigenvalue weighted by molar-refractivity contribution is 5.97. The smallest absolute Gasteiger partial charge is 0.338 e. The number of imide groups is 1. The molecule has 0 aliphatic rings. The minimum absolute atomic E-state index is 0.0791. The van der Waals surface area contributed by atoms with Crippen LogP contribution in [0.15, 0.2) is 12.1 Å². The normalized spacial score (nSPS) is 11.1. The Labute approximate surface area is 151 Å². The number of urea groups is 1. The standard InChI is InChI=1S/C17H24N2O7/c1-6-10(2)18-17(22)19-14(20)9-26-16(21)11-7-12(23-3)15(25-5)13(8-11)24-4/h7-8,10H,6,9H2,1-5H3,(H2,18,19,20,22)/t10-/m1/s1. The van der Waals surface area contributed by atoms with Gasteiger partial charge in [0.25, 0.3) is 5.91 Å². The van der Waals surface area contributed by atoms with Gasteiger partial charge in [0.15, 0.2) is 18.1 Å². The molecular formula is C17H24N2O7. The molecule has 0 unspecified atom stereocenters. The van der Waals surface area contributed by atoms with Gasteiger partial charge in [-0.1, -0.05) is 6.92 Å². The average Bonchev–Trinajstić information content (AvgIpc) is 2.64. The summed E-state index contributed by atoms with van der Waals surface area (Å²) in [6, 6.07) is 2.08. The molecule has 3 amide bonds. The summed E-state index contributed by atoms with van der Waals surface area (Å²) in [4.78, 5) is 35.4. The van der Waals surface area contributed by atoms with Crippen LogP contribution in [0.2, 0.25) is 0 Å². The van der Waals surface area contributed by atoms with Gasteiger partial charge in [-0.25, -0.2) is 9.59 Å². The summed E-state index contributed by atoms with van der Waals surface area (Å²) < 4.78 is 20.4. The summed E-state index contributed by atoms with van der Waals surface area (Å²) in [6.45, 7) is 3.09. The molecule has 0 radical (unpaired) electrons. The van der Waals surface area contributed by atoms with Gasteiger partial charge in [0.2, 0.25) is 5.75 Å². The Morgan fingerprint density at radius 3 is 2.08 bits per heavy atom. The molecule has 0 aliphatic heterocycles. The fraction of sp³-hybridized carbons (Fsp3) is 0.471. The van der Waals surface area contributed by atoms with Crippen molar-refractivity contribution in [2.24, 2.45) is 0 Å². The van der Waals surface area contributed by atoms with Crippen molar-refractivity contribution in [3.05, 3.63) is 17.7 Å². The maximum absolute atomic E-state index is 12.1. The first-order valence-electron chi connectivity index (χ1n) is 7.93. The van der Waals surface area contributed by atoms with Gasteiger partial charge in [0.05, 0.1) is 26.9 Å². The zero-order valence-corrected chi connectivity index (χ0v) is 15.5. The van der Waals surface area contributed by atoms with Gasteiger partial charge in [-0.3, -0.25) is 10.1 Å². The Kier molecular flexibility index (Phi) is 8.20. The molecule has 2 N–H and O–H groups in total. The van der Waals surface area contributed by atoms with Crippen molar-refractivity contribution in [1.82, 2.24) is 10.6 Å². The molecule has 0 bridgehead atoms. The van der Waals surface area contributed by atoms with Crippen molar-refractivity contribution in [2.75, 3.05) is 27.9 Å². The topological polar surface area (TPSA) is 112 Å². The zero-order chi connectivity index (χ0) is 19.7. The van der Waals surface area contributed by atoms with Crippen LogP contribution in [0.4, 0.5) is 4.79 Å². The van der Waals surface area contributed by atoms with Crippen LogP contribution in [0.3, 0.4) is 0 Å². The number of methoxy groups -OCH3 is 3. The SMILES string of the molecule is CC[C@@H](C)NC(=O)NC(=O)COC(=O)c1cc(OC)c(OC)c(OC)c1. The minimum atomic E-state index is -0.776. The molecule has 9 heteroatoms. The van der Waals surface area contributed by atoms with Crippen molar-refractivity contribution in [3.63, 3.8) is 0 Å². The van der Waals surface area contributed by atoms with Crippen molar-refractivity contribution in [2.45, 2.75) is 26.3 Å². The highest BCUT2D eigenvalue weighted by atomic mass is 16.5. The van der Waals surface area contributed by atoms with Gasteiger partial charge in [-0.2, -0.15) is 0 Å². The van der Waals surface area contributed by atoms with E-state index in [0.29, 0.717) is 5.75 Å². The van der Waals surface area contributed by atoms with Crippen LogP contribution >= 0.6 is 0 Å². The second-order valence-electron chi connectivity index (χ2n) is 5.32. The third kappa shape index (κ3) is 5.83. The molecule has 9 nitrogen and oxygen atoms in total. The van der Waals surface area contributed by atoms with Crippen LogP contribution in [0.5, 0.6) is 17.2 Å². The van der Waals surface area contributed by atoms with Crippen molar-refractivity contribution >= 4 is 17.9 Å². The van der Waals surface area contributed by atoms with Crippen LogP contribution < -0.4 is 24.8 Å². The first-order chi connectivity index (χ1) is 12.4. The van der Waals surface area contributed by atoms with E-state index in [-0.39, 0.29) is 23.1 Å². The van der Waals surface area contributed by atoms with Crippen LogP contribution in [-0.4, -0.2) is 51.9 Å². The van der Waals surface area contributed by atoms with E-state index in [1.165, 1.54) is 33.5 Å². The number of carbonyl (C=O) groups excluding carboxylic acids is 3.